The van der Waals surface area contributed by atoms with Crippen molar-refractivity contribution >= 4 is 41.1 Å². The summed E-state index contributed by atoms with van der Waals surface area (Å²) >= 11 is 5.80. The van der Waals surface area contributed by atoms with Crippen LogP contribution in [0.2, 0.25) is 5.02 Å². The second-order valence-corrected chi connectivity index (χ2v) is 5.62. The van der Waals surface area contributed by atoms with Crippen LogP contribution < -0.4 is 10.6 Å². The number of carbonyl (C=O) groups excluding carboxylic acids is 3. The molecular formula is C18H10ClN3O3. The van der Waals surface area contributed by atoms with E-state index in [0.717, 1.165) is 0 Å². The Morgan fingerprint density at radius 1 is 1.12 bits per heavy atom. The van der Waals surface area contributed by atoms with Crippen molar-refractivity contribution < 1.29 is 14.4 Å². The smallest absolute Gasteiger partial charge is 0.266 e. The third kappa shape index (κ3) is 3.27. The van der Waals surface area contributed by atoms with Gasteiger partial charge in [0, 0.05) is 5.02 Å². The van der Waals surface area contributed by atoms with Gasteiger partial charge < -0.3 is 5.32 Å². The lowest BCUT2D eigenvalue weighted by Crippen LogP contribution is -2.21. The summed E-state index contributed by atoms with van der Waals surface area (Å²) in [6.45, 7) is 0. The predicted octanol–water partition coefficient (Wildman–Crippen LogP) is 2.77. The third-order valence-corrected chi connectivity index (χ3v) is 3.81. The zero-order chi connectivity index (χ0) is 18.0. The average molecular weight is 352 g/mol. The van der Waals surface area contributed by atoms with Crippen LogP contribution in [0.3, 0.4) is 0 Å². The van der Waals surface area contributed by atoms with E-state index in [1.807, 2.05) is 6.07 Å². The molecule has 7 heteroatoms. The second kappa shape index (κ2) is 6.59. The van der Waals surface area contributed by atoms with Crippen molar-refractivity contribution in [1.29, 1.82) is 5.26 Å². The van der Waals surface area contributed by atoms with Crippen LogP contribution in [0.15, 0.2) is 48.0 Å². The van der Waals surface area contributed by atoms with E-state index in [9.17, 15) is 19.6 Å². The fourth-order valence-electron chi connectivity index (χ4n) is 2.39. The highest BCUT2D eigenvalue weighted by molar-refractivity contribution is 6.30. The number of anilines is 1. The number of nitrogens with zero attached hydrogens (tertiary/aromatic N) is 1. The van der Waals surface area contributed by atoms with Gasteiger partial charge in [0.15, 0.2) is 0 Å². The number of carbonyl (C=O) groups is 3. The molecular weight excluding hydrogens is 342 g/mol. The molecule has 3 amide bonds. The van der Waals surface area contributed by atoms with Crippen molar-refractivity contribution in [3.63, 3.8) is 0 Å². The first-order valence-corrected chi connectivity index (χ1v) is 7.55. The molecule has 1 heterocycles. The molecule has 2 aromatic carbocycles. The van der Waals surface area contributed by atoms with Crippen molar-refractivity contribution in [2.24, 2.45) is 0 Å². The minimum absolute atomic E-state index is 0.0876. The van der Waals surface area contributed by atoms with E-state index in [1.165, 1.54) is 18.2 Å². The molecule has 0 radical (unpaired) electrons. The lowest BCUT2D eigenvalue weighted by molar-refractivity contribution is -0.112. The van der Waals surface area contributed by atoms with E-state index >= 15 is 0 Å². The number of hydrogen-bond acceptors (Lipinski definition) is 4. The van der Waals surface area contributed by atoms with Crippen molar-refractivity contribution in [2.45, 2.75) is 0 Å². The Labute approximate surface area is 147 Å². The zero-order valence-corrected chi connectivity index (χ0v) is 13.4. The number of benzene rings is 2. The molecule has 0 atom stereocenters. The highest BCUT2D eigenvalue weighted by atomic mass is 35.5. The quantitative estimate of drug-likeness (QED) is 0.504. The van der Waals surface area contributed by atoms with Gasteiger partial charge in [-0.3, -0.25) is 19.7 Å². The van der Waals surface area contributed by atoms with Crippen LogP contribution in [0.4, 0.5) is 5.69 Å². The summed E-state index contributed by atoms with van der Waals surface area (Å²) in [5.41, 5.74) is 0.919. The summed E-state index contributed by atoms with van der Waals surface area (Å²) in [6.07, 6.45) is 1.40. The van der Waals surface area contributed by atoms with Crippen molar-refractivity contribution in [3.05, 3.63) is 69.8 Å². The molecule has 0 unspecified atom stereocenters. The molecule has 2 aromatic rings. The van der Waals surface area contributed by atoms with E-state index in [4.69, 9.17) is 11.6 Å². The number of hydrogen-bond donors (Lipinski definition) is 2. The molecule has 25 heavy (non-hydrogen) atoms. The predicted molar refractivity (Wildman–Crippen MR) is 91.9 cm³/mol. The fourth-order valence-corrected chi connectivity index (χ4v) is 2.51. The van der Waals surface area contributed by atoms with Crippen LogP contribution in [-0.4, -0.2) is 17.7 Å². The lowest BCUT2D eigenvalue weighted by atomic mass is 10.1. The molecule has 6 nitrogen and oxygen atoms in total. The van der Waals surface area contributed by atoms with E-state index in [1.54, 1.807) is 30.3 Å². The molecule has 0 saturated carbocycles. The van der Waals surface area contributed by atoms with Crippen LogP contribution in [0.1, 0.15) is 26.3 Å². The van der Waals surface area contributed by atoms with Gasteiger partial charge in [-0.2, -0.15) is 5.26 Å². The Balaban J connectivity index is 1.90. The normalized spacial score (nSPS) is 13.0. The average Bonchev–Trinajstić information content (AvgIpc) is 2.89. The van der Waals surface area contributed by atoms with E-state index in [-0.39, 0.29) is 22.4 Å². The standard InChI is InChI=1S/C18H10ClN3O3/c19-12-6-4-10(5-7-12)8-11(9-20)16(23)21-14-3-1-2-13-15(14)18(25)22-17(13)24/h1-8H,(H,21,23)(H,22,24,25)/b11-8+. The second-order valence-electron chi connectivity index (χ2n) is 5.19. The van der Waals surface area contributed by atoms with Crippen LogP contribution in [0.25, 0.3) is 6.08 Å². The van der Waals surface area contributed by atoms with Gasteiger partial charge in [0.2, 0.25) is 0 Å². The number of nitriles is 1. The van der Waals surface area contributed by atoms with Gasteiger partial charge >= 0.3 is 0 Å². The van der Waals surface area contributed by atoms with Gasteiger partial charge in [0.25, 0.3) is 17.7 Å². The Morgan fingerprint density at radius 2 is 1.84 bits per heavy atom. The molecule has 1 aliphatic heterocycles. The molecule has 1 aliphatic rings. The number of rotatable bonds is 3. The number of imide groups is 1. The van der Waals surface area contributed by atoms with Gasteiger partial charge in [-0.15, -0.1) is 0 Å². The van der Waals surface area contributed by atoms with Crippen LogP contribution in [0, 0.1) is 11.3 Å². The summed E-state index contributed by atoms with van der Waals surface area (Å²) < 4.78 is 0. The molecule has 0 aromatic heterocycles. The first-order chi connectivity index (χ1) is 12.0. The zero-order valence-electron chi connectivity index (χ0n) is 12.7. The fraction of sp³-hybridized carbons (Fsp3) is 0. The Bertz CT molecular complexity index is 972. The molecule has 0 aliphatic carbocycles. The van der Waals surface area contributed by atoms with Crippen LogP contribution in [-0.2, 0) is 4.79 Å². The van der Waals surface area contributed by atoms with Crippen molar-refractivity contribution in [3.8, 4) is 6.07 Å². The van der Waals surface area contributed by atoms with Gasteiger partial charge in [-0.1, -0.05) is 29.8 Å². The Hall–Kier alpha value is -3.43. The van der Waals surface area contributed by atoms with E-state index in [2.05, 4.69) is 10.6 Å². The van der Waals surface area contributed by atoms with Crippen molar-refractivity contribution in [1.82, 2.24) is 5.32 Å². The third-order valence-electron chi connectivity index (χ3n) is 3.56. The maximum atomic E-state index is 12.4. The maximum absolute atomic E-state index is 12.4. The molecule has 0 fully saturated rings. The minimum Gasteiger partial charge on any atom is -0.321 e. The highest BCUT2D eigenvalue weighted by Gasteiger charge is 2.30. The number of amides is 3. The summed E-state index contributed by atoms with van der Waals surface area (Å²) in [6, 6.07) is 13.0. The molecule has 2 N–H and O–H groups in total. The number of halogens is 1. The monoisotopic (exact) mass is 351 g/mol. The molecule has 0 spiro atoms. The number of fused-ring (bicyclic) bond motifs is 1. The number of nitrogens with one attached hydrogen (secondary N) is 2. The first-order valence-electron chi connectivity index (χ1n) is 7.17. The first kappa shape index (κ1) is 16.4. The van der Waals surface area contributed by atoms with Gasteiger partial charge in [-0.05, 0) is 35.9 Å². The largest absolute Gasteiger partial charge is 0.321 e. The van der Waals surface area contributed by atoms with Crippen molar-refractivity contribution in [2.75, 3.05) is 5.32 Å². The summed E-state index contributed by atoms with van der Waals surface area (Å²) in [4.78, 5) is 35.9. The highest BCUT2D eigenvalue weighted by Crippen LogP contribution is 2.25. The minimum atomic E-state index is -0.682. The van der Waals surface area contributed by atoms with Crippen LogP contribution in [0.5, 0.6) is 0 Å². The molecule has 0 bridgehead atoms. The summed E-state index contributed by atoms with van der Waals surface area (Å²) in [5.74, 6) is -1.79. The van der Waals surface area contributed by atoms with Crippen LogP contribution >= 0.6 is 11.6 Å². The van der Waals surface area contributed by atoms with E-state index in [0.29, 0.717) is 10.6 Å². The summed E-state index contributed by atoms with van der Waals surface area (Å²) in [5, 5.41) is 14.4. The SMILES string of the molecule is N#C/C(=C\c1ccc(Cl)cc1)C(=O)Nc1cccc2c1C(=O)NC2=O. The lowest BCUT2D eigenvalue weighted by Gasteiger charge is -2.07. The molecule has 0 saturated heterocycles. The topological polar surface area (TPSA) is 99.1 Å². The van der Waals surface area contributed by atoms with E-state index < -0.39 is 17.7 Å². The van der Waals surface area contributed by atoms with Gasteiger partial charge in [0.05, 0.1) is 16.8 Å². The Morgan fingerprint density at radius 3 is 2.52 bits per heavy atom. The van der Waals surface area contributed by atoms with Gasteiger partial charge in [0.1, 0.15) is 11.6 Å². The molecule has 122 valence electrons. The summed E-state index contributed by atoms with van der Waals surface area (Å²) in [7, 11) is 0. The van der Waals surface area contributed by atoms with Gasteiger partial charge in [-0.25, -0.2) is 0 Å². The molecule has 3 rings (SSSR count). The maximum Gasteiger partial charge on any atom is 0.266 e. The Kier molecular flexibility index (Phi) is 4.33.